The molecule has 2 aromatic rings. The first kappa shape index (κ1) is 16.9. The van der Waals surface area contributed by atoms with E-state index >= 15 is 0 Å². The standard InChI is InChI=1S/C20H24N2OS/c23-20(12-15-24-19-6-2-1-3-7-19)21-16-17-8-10-18(11-9-17)22-13-4-5-14-22/h1-3,6-11H,4-5,12-16H2,(H,21,23). The highest BCUT2D eigenvalue weighted by atomic mass is 32.2. The molecule has 0 saturated carbocycles. The van der Waals surface area contributed by atoms with Crippen LogP contribution in [0, 0.1) is 0 Å². The van der Waals surface area contributed by atoms with Crippen molar-refractivity contribution in [3.63, 3.8) is 0 Å². The summed E-state index contributed by atoms with van der Waals surface area (Å²) in [5.74, 6) is 0.922. The molecule has 0 aromatic heterocycles. The van der Waals surface area contributed by atoms with Crippen LogP contribution < -0.4 is 10.2 Å². The molecule has 1 saturated heterocycles. The second kappa shape index (κ2) is 8.78. The Hall–Kier alpha value is -1.94. The van der Waals surface area contributed by atoms with Crippen LogP contribution in [0.25, 0.3) is 0 Å². The van der Waals surface area contributed by atoms with E-state index in [9.17, 15) is 4.79 Å². The molecule has 0 atom stereocenters. The lowest BCUT2D eigenvalue weighted by molar-refractivity contribution is -0.120. The highest BCUT2D eigenvalue weighted by Crippen LogP contribution is 2.20. The number of anilines is 1. The predicted molar refractivity (Wildman–Crippen MR) is 102 cm³/mol. The van der Waals surface area contributed by atoms with E-state index in [4.69, 9.17) is 0 Å². The monoisotopic (exact) mass is 340 g/mol. The zero-order valence-corrected chi connectivity index (χ0v) is 14.7. The molecule has 1 amide bonds. The first-order chi connectivity index (χ1) is 11.8. The average Bonchev–Trinajstić information content (AvgIpc) is 3.16. The molecule has 1 aliphatic rings. The van der Waals surface area contributed by atoms with Gasteiger partial charge in [-0.3, -0.25) is 4.79 Å². The van der Waals surface area contributed by atoms with Crippen LogP contribution in [-0.2, 0) is 11.3 Å². The van der Waals surface area contributed by atoms with Crippen molar-refractivity contribution in [2.24, 2.45) is 0 Å². The number of thioether (sulfide) groups is 1. The van der Waals surface area contributed by atoms with Gasteiger partial charge in [0, 0.05) is 42.4 Å². The smallest absolute Gasteiger partial charge is 0.221 e. The second-order valence-electron chi connectivity index (χ2n) is 6.05. The van der Waals surface area contributed by atoms with E-state index in [2.05, 4.69) is 46.6 Å². The topological polar surface area (TPSA) is 32.3 Å². The Morgan fingerprint density at radius 3 is 2.42 bits per heavy atom. The fraction of sp³-hybridized carbons (Fsp3) is 0.350. The summed E-state index contributed by atoms with van der Waals surface area (Å²) < 4.78 is 0. The van der Waals surface area contributed by atoms with E-state index in [1.807, 2.05) is 18.2 Å². The van der Waals surface area contributed by atoms with E-state index in [0.29, 0.717) is 13.0 Å². The largest absolute Gasteiger partial charge is 0.372 e. The minimum Gasteiger partial charge on any atom is -0.372 e. The molecule has 1 heterocycles. The number of nitrogens with zero attached hydrogens (tertiary/aromatic N) is 1. The summed E-state index contributed by atoms with van der Waals surface area (Å²) in [4.78, 5) is 15.6. The van der Waals surface area contributed by atoms with Crippen molar-refractivity contribution >= 4 is 23.4 Å². The Bertz CT molecular complexity index is 636. The SMILES string of the molecule is O=C(CCSc1ccccc1)NCc1ccc(N2CCCC2)cc1. The van der Waals surface area contributed by atoms with Gasteiger partial charge in [0.15, 0.2) is 0 Å². The van der Waals surface area contributed by atoms with Crippen molar-refractivity contribution in [1.29, 1.82) is 0 Å². The maximum absolute atomic E-state index is 11.9. The zero-order valence-electron chi connectivity index (χ0n) is 13.9. The lowest BCUT2D eigenvalue weighted by atomic mass is 10.2. The highest BCUT2D eigenvalue weighted by Gasteiger charge is 2.11. The van der Waals surface area contributed by atoms with Crippen molar-refractivity contribution < 1.29 is 4.79 Å². The maximum atomic E-state index is 11.9. The molecule has 0 spiro atoms. The summed E-state index contributed by atoms with van der Waals surface area (Å²) in [5.41, 5.74) is 2.45. The molecule has 3 rings (SSSR count). The number of rotatable bonds is 7. The maximum Gasteiger partial charge on any atom is 0.221 e. The quantitative estimate of drug-likeness (QED) is 0.771. The number of nitrogens with one attached hydrogen (secondary N) is 1. The Kier molecular flexibility index (Phi) is 6.19. The number of hydrogen-bond acceptors (Lipinski definition) is 3. The van der Waals surface area contributed by atoms with Gasteiger partial charge in [-0.15, -0.1) is 11.8 Å². The van der Waals surface area contributed by atoms with Gasteiger partial charge in [-0.2, -0.15) is 0 Å². The number of amides is 1. The molecule has 0 unspecified atom stereocenters. The molecule has 126 valence electrons. The van der Waals surface area contributed by atoms with Gasteiger partial charge in [0.05, 0.1) is 0 Å². The van der Waals surface area contributed by atoms with Gasteiger partial charge in [-0.1, -0.05) is 30.3 Å². The first-order valence-electron chi connectivity index (χ1n) is 8.60. The number of hydrogen-bond donors (Lipinski definition) is 1. The number of carbonyl (C=O) groups excluding carboxylic acids is 1. The third-order valence-corrected chi connectivity index (χ3v) is 5.25. The van der Waals surface area contributed by atoms with Crippen LogP contribution in [0.1, 0.15) is 24.8 Å². The van der Waals surface area contributed by atoms with Crippen LogP contribution in [0.2, 0.25) is 0 Å². The summed E-state index contributed by atoms with van der Waals surface area (Å²) in [6.45, 7) is 2.93. The van der Waals surface area contributed by atoms with E-state index in [1.54, 1.807) is 11.8 Å². The molecule has 4 heteroatoms. The lowest BCUT2D eigenvalue weighted by Crippen LogP contribution is -2.23. The minimum absolute atomic E-state index is 0.113. The fourth-order valence-electron chi connectivity index (χ4n) is 2.87. The van der Waals surface area contributed by atoms with Crippen LogP contribution in [0.15, 0.2) is 59.5 Å². The first-order valence-corrected chi connectivity index (χ1v) is 9.58. The zero-order chi connectivity index (χ0) is 16.6. The van der Waals surface area contributed by atoms with Gasteiger partial charge in [0.25, 0.3) is 0 Å². The Morgan fingerprint density at radius 2 is 1.71 bits per heavy atom. The Morgan fingerprint density at radius 1 is 1.00 bits per heavy atom. The summed E-state index contributed by atoms with van der Waals surface area (Å²) >= 11 is 1.72. The summed E-state index contributed by atoms with van der Waals surface area (Å²) in [6.07, 6.45) is 3.13. The van der Waals surface area contributed by atoms with Crippen LogP contribution >= 0.6 is 11.8 Å². The average molecular weight is 340 g/mol. The van der Waals surface area contributed by atoms with Crippen LogP contribution in [-0.4, -0.2) is 24.7 Å². The summed E-state index contributed by atoms with van der Waals surface area (Å²) in [5, 5.41) is 3.01. The van der Waals surface area contributed by atoms with Gasteiger partial charge in [0.1, 0.15) is 0 Å². The van der Waals surface area contributed by atoms with Gasteiger partial charge in [-0.25, -0.2) is 0 Å². The Labute approximate surface area is 148 Å². The molecule has 1 N–H and O–H groups in total. The molecule has 0 bridgehead atoms. The summed E-state index contributed by atoms with van der Waals surface area (Å²) in [7, 11) is 0. The molecule has 2 aromatic carbocycles. The van der Waals surface area contributed by atoms with E-state index < -0.39 is 0 Å². The fourth-order valence-corrected chi connectivity index (χ4v) is 3.74. The molecule has 0 aliphatic carbocycles. The second-order valence-corrected chi connectivity index (χ2v) is 7.22. The van der Waals surface area contributed by atoms with Gasteiger partial charge in [-0.05, 0) is 42.7 Å². The molecule has 24 heavy (non-hydrogen) atoms. The van der Waals surface area contributed by atoms with Gasteiger partial charge in [0.2, 0.25) is 5.91 Å². The number of benzene rings is 2. The molecular formula is C20H24N2OS. The van der Waals surface area contributed by atoms with E-state index in [-0.39, 0.29) is 5.91 Å². The molecule has 1 aliphatic heterocycles. The van der Waals surface area contributed by atoms with Crippen LogP contribution in [0.5, 0.6) is 0 Å². The molecule has 3 nitrogen and oxygen atoms in total. The van der Waals surface area contributed by atoms with Crippen molar-refractivity contribution in [2.75, 3.05) is 23.7 Å². The molecular weight excluding hydrogens is 316 g/mol. The predicted octanol–water partition coefficient (Wildman–Crippen LogP) is 4.09. The van der Waals surface area contributed by atoms with Gasteiger partial charge >= 0.3 is 0 Å². The van der Waals surface area contributed by atoms with Crippen LogP contribution in [0.3, 0.4) is 0 Å². The lowest BCUT2D eigenvalue weighted by Gasteiger charge is -2.17. The van der Waals surface area contributed by atoms with Crippen LogP contribution in [0.4, 0.5) is 5.69 Å². The van der Waals surface area contributed by atoms with E-state index in [1.165, 1.54) is 23.4 Å². The van der Waals surface area contributed by atoms with Crippen molar-refractivity contribution in [3.05, 3.63) is 60.2 Å². The van der Waals surface area contributed by atoms with Crippen molar-refractivity contribution in [2.45, 2.75) is 30.7 Å². The van der Waals surface area contributed by atoms with Crippen molar-refractivity contribution in [1.82, 2.24) is 5.32 Å². The molecule has 0 radical (unpaired) electrons. The van der Waals surface area contributed by atoms with Gasteiger partial charge < -0.3 is 10.2 Å². The molecule has 1 fully saturated rings. The number of carbonyl (C=O) groups is 1. The summed E-state index contributed by atoms with van der Waals surface area (Å²) in [6, 6.07) is 18.8. The highest BCUT2D eigenvalue weighted by molar-refractivity contribution is 7.99. The van der Waals surface area contributed by atoms with Crippen molar-refractivity contribution in [3.8, 4) is 0 Å². The van der Waals surface area contributed by atoms with E-state index in [0.717, 1.165) is 24.4 Å². The third kappa shape index (κ3) is 5.03. The Balaban J connectivity index is 1.38. The normalized spacial score (nSPS) is 13.9. The third-order valence-electron chi connectivity index (χ3n) is 4.24. The minimum atomic E-state index is 0.113.